The maximum atomic E-state index is 11.3. The second-order valence-electron chi connectivity index (χ2n) is 6.08. The molecule has 8 nitrogen and oxygen atoms in total. The van der Waals surface area contributed by atoms with Crippen LogP contribution in [0.2, 0.25) is 0 Å². The average Bonchev–Trinajstić information content (AvgIpc) is 3.00. The highest BCUT2D eigenvalue weighted by atomic mass is 31.2. The summed E-state index contributed by atoms with van der Waals surface area (Å²) in [5, 5.41) is 3.36. The number of anilines is 2. The summed E-state index contributed by atoms with van der Waals surface area (Å²) in [6, 6.07) is 2.15. The van der Waals surface area contributed by atoms with Gasteiger partial charge in [-0.1, -0.05) is 0 Å². The second-order valence-corrected chi connectivity index (χ2v) is 7.72. The van der Waals surface area contributed by atoms with Crippen LogP contribution >= 0.6 is 7.60 Å². The summed E-state index contributed by atoms with van der Waals surface area (Å²) in [5.74, 6) is 1.57. The number of nitrogens with zero attached hydrogens (tertiary/aromatic N) is 3. The normalized spacial score (nSPS) is 20.0. The first kappa shape index (κ1) is 16.6. The highest BCUT2D eigenvalue weighted by Gasteiger charge is 2.22. The van der Waals surface area contributed by atoms with Gasteiger partial charge in [-0.2, -0.15) is 0 Å². The predicted molar refractivity (Wildman–Crippen MR) is 86.7 cm³/mol. The summed E-state index contributed by atoms with van der Waals surface area (Å²) in [5.41, 5.74) is 0. The number of ether oxygens (including phenoxy) is 1. The Morgan fingerprint density at radius 1 is 1.26 bits per heavy atom. The van der Waals surface area contributed by atoms with Crippen molar-refractivity contribution in [1.82, 2.24) is 9.97 Å². The fraction of sp³-hybridized carbons (Fsp3) is 0.714. The molecule has 0 unspecified atom stereocenters. The standard InChI is InChI=1S/C14H23N4O4P/c19-23(20,21)10-13-16-12(15-11-3-7-22-8-4-11)9-14(17-13)18-5-1-2-6-18/h9,11H,1-8,10H2,(H,15,16,17)(H2,19,20,21). The lowest BCUT2D eigenvalue weighted by Crippen LogP contribution is -2.29. The van der Waals surface area contributed by atoms with Gasteiger partial charge in [0.1, 0.15) is 23.6 Å². The molecule has 0 aromatic carbocycles. The smallest absolute Gasteiger partial charge is 0.333 e. The molecule has 0 spiro atoms. The molecule has 3 rings (SSSR count). The monoisotopic (exact) mass is 342 g/mol. The topological polar surface area (TPSA) is 108 Å². The van der Waals surface area contributed by atoms with E-state index in [1.54, 1.807) is 0 Å². The van der Waals surface area contributed by atoms with Gasteiger partial charge in [-0.05, 0) is 25.7 Å². The minimum absolute atomic E-state index is 0.192. The van der Waals surface area contributed by atoms with E-state index in [1.807, 2.05) is 6.07 Å². The van der Waals surface area contributed by atoms with Gasteiger partial charge in [-0.25, -0.2) is 9.97 Å². The van der Waals surface area contributed by atoms with Crippen molar-refractivity contribution >= 4 is 19.2 Å². The Kier molecular flexibility index (Phi) is 5.16. The zero-order valence-electron chi connectivity index (χ0n) is 13.0. The van der Waals surface area contributed by atoms with Crippen molar-refractivity contribution in [3.8, 4) is 0 Å². The van der Waals surface area contributed by atoms with E-state index in [-0.39, 0.29) is 11.9 Å². The highest BCUT2D eigenvalue weighted by Crippen LogP contribution is 2.38. The van der Waals surface area contributed by atoms with Crippen LogP contribution in [-0.2, 0) is 15.5 Å². The summed E-state index contributed by atoms with van der Waals surface area (Å²) in [6.07, 6.45) is 3.59. The van der Waals surface area contributed by atoms with Crippen LogP contribution in [0.4, 0.5) is 11.6 Å². The third-order valence-corrected chi connectivity index (χ3v) is 4.80. The molecule has 3 heterocycles. The van der Waals surface area contributed by atoms with Gasteiger partial charge in [0.2, 0.25) is 0 Å². The van der Waals surface area contributed by atoms with E-state index in [0.29, 0.717) is 5.82 Å². The zero-order chi connectivity index (χ0) is 16.3. The van der Waals surface area contributed by atoms with E-state index < -0.39 is 13.8 Å². The first-order valence-electron chi connectivity index (χ1n) is 8.01. The fourth-order valence-electron chi connectivity index (χ4n) is 2.97. The van der Waals surface area contributed by atoms with Crippen molar-refractivity contribution in [2.24, 2.45) is 0 Å². The van der Waals surface area contributed by atoms with Crippen LogP contribution in [0.5, 0.6) is 0 Å². The lowest BCUT2D eigenvalue weighted by molar-refractivity contribution is 0.0904. The Balaban J connectivity index is 1.82. The number of rotatable bonds is 5. The molecule has 0 saturated carbocycles. The molecule has 2 saturated heterocycles. The second kappa shape index (κ2) is 7.13. The summed E-state index contributed by atoms with van der Waals surface area (Å²) < 4.78 is 16.6. The molecule has 128 valence electrons. The minimum Gasteiger partial charge on any atom is -0.381 e. The van der Waals surface area contributed by atoms with Crippen LogP contribution in [0.15, 0.2) is 6.07 Å². The predicted octanol–water partition coefficient (Wildman–Crippen LogP) is 1.35. The van der Waals surface area contributed by atoms with Gasteiger partial charge in [-0.15, -0.1) is 0 Å². The van der Waals surface area contributed by atoms with Crippen LogP contribution in [-0.4, -0.2) is 52.1 Å². The first-order valence-corrected chi connectivity index (χ1v) is 9.81. The van der Waals surface area contributed by atoms with Crippen molar-refractivity contribution in [3.63, 3.8) is 0 Å². The van der Waals surface area contributed by atoms with Gasteiger partial charge in [0, 0.05) is 38.4 Å². The minimum atomic E-state index is -4.19. The lowest BCUT2D eigenvalue weighted by atomic mass is 10.1. The molecule has 0 bridgehead atoms. The van der Waals surface area contributed by atoms with Crippen molar-refractivity contribution < 1.29 is 19.1 Å². The highest BCUT2D eigenvalue weighted by molar-refractivity contribution is 7.50. The summed E-state index contributed by atoms with van der Waals surface area (Å²) >= 11 is 0. The maximum absolute atomic E-state index is 11.3. The molecule has 2 fully saturated rings. The Labute approximate surface area is 135 Å². The van der Waals surface area contributed by atoms with E-state index in [1.165, 1.54) is 0 Å². The summed E-state index contributed by atoms with van der Waals surface area (Å²) in [6.45, 7) is 3.28. The molecule has 1 aromatic rings. The summed E-state index contributed by atoms with van der Waals surface area (Å²) in [4.78, 5) is 29.2. The quantitative estimate of drug-likeness (QED) is 0.688. The van der Waals surface area contributed by atoms with Crippen LogP contribution in [0.1, 0.15) is 31.5 Å². The van der Waals surface area contributed by atoms with Gasteiger partial charge in [-0.3, -0.25) is 4.57 Å². The molecule has 0 atom stereocenters. The molecule has 23 heavy (non-hydrogen) atoms. The molecular weight excluding hydrogens is 319 g/mol. The molecular formula is C14H23N4O4P. The van der Waals surface area contributed by atoms with Gasteiger partial charge < -0.3 is 24.7 Å². The van der Waals surface area contributed by atoms with E-state index in [0.717, 1.165) is 57.8 Å². The van der Waals surface area contributed by atoms with E-state index in [9.17, 15) is 14.4 Å². The Morgan fingerprint density at radius 2 is 1.96 bits per heavy atom. The molecule has 9 heteroatoms. The maximum Gasteiger partial charge on any atom is 0.333 e. The Bertz CT molecular complexity index is 582. The molecule has 0 radical (unpaired) electrons. The van der Waals surface area contributed by atoms with Gasteiger partial charge >= 0.3 is 7.60 Å². The average molecular weight is 342 g/mol. The van der Waals surface area contributed by atoms with E-state index >= 15 is 0 Å². The van der Waals surface area contributed by atoms with Gasteiger partial charge in [0.25, 0.3) is 0 Å². The number of nitrogens with one attached hydrogen (secondary N) is 1. The molecule has 3 N–H and O–H groups in total. The first-order chi connectivity index (χ1) is 11.0. The van der Waals surface area contributed by atoms with Crippen LogP contribution in [0.25, 0.3) is 0 Å². The van der Waals surface area contributed by atoms with Crippen molar-refractivity contribution in [1.29, 1.82) is 0 Å². The third-order valence-electron chi connectivity index (χ3n) is 4.11. The Hall–Kier alpha value is -1.21. The number of hydrogen-bond acceptors (Lipinski definition) is 6. The molecule has 2 aliphatic rings. The largest absolute Gasteiger partial charge is 0.381 e. The SMILES string of the molecule is O=P(O)(O)Cc1nc(NC2CCOCC2)cc(N2CCCC2)n1. The molecule has 1 aromatic heterocycles. The van der Waals surface area contributed by atoms with E-state index in [2.05, 4.69) is 20.2 Å². The van der Waals surface area contributed by atoms with E-state index in [4.69, 9.17) is 4.74 Å². The summed E-state index contributed by atoms with van der Waals surface area (Å²) in [7, 11) is -4.19. The van der Waals surface area contributed by atoms with Crippen LogP contribution < -0.4 is 10.2 Å². The fourth-order valence-corrected chi connectivity index (χ4v) is 3.48. The number of hydrogen-bond donors (Lipinski definition) is 3. The van der Waals surface area contributed by atoms with Crippen molar-refractivity contribution in [3.05, 3.63) is 11.9 Å². The van der Waals surface area contributed by atoms with Gasteiger partial charge in [0.05, 0.1) is 0 Å². The molecule has 0 amide bonds. The zero-order valence-corrected chi connectivity index (χ0v) is 13.9. The number of aromatic nitrogens is 2. The molecule has 2 aliphatic heterocycles. The lowest BCUT2D eigenvalue weighted by Gasteiger charge is -2.25. The third kappa shape index (κ3) is 4.88. The van der Waals surface area contributed by atoms with Crippen LogP contribution in [0.3, 0.4) is 0 Å². The van der Waals surface area contributed by atoms with Crippen molar-refractivity contribution in [2.75, 3.05) is 36.5 Å². The van der Waals surface area contributed by atoms with Crippen molar-refractivity contribution in [2.45, 2.75) is 37.9 Å². The molecule has 0 aliphatic carbocycles. The Morgan fingerprint density at radius 3 is 2.61 bits per heavy atom. The van der Waals surface area contributed by atoms with Crippen LogP contribution in [0, 0.1) is 0 Å². The van der Waals surface area contributed by atoms with Gasteiger partial charge in [0.15, 0.2) is 0 Å².